The summed E-state index contributed by atoms with van der Waals surface area (Å²) in [4.78, 5) is 23.9. The van der Waals surface area contributed by atoms with Crippen LogP contribution in [0.1, 0.15) is 28.4 Å². The summed E-state index contributed by atoms with van der Waals surface area (Å²) in [6.07, 6.45) is 0.561. The van der Waals surface area contributed by atoms with Crippen molar-refractivity contribution in [3.05, 3.63) is 57.6 Å². The number of methoxy groups -OCH3 is 2. The summed E-state index contributed by atoms with van der Waals surface area (Å²) in [5, 5.41) is 14.5. The zero-order valence-electron chi connectivity index (χ0n) is 16.2. The Hall–Kier alpha value is -3.33. The van der Waals surface area contributed by atoms with Crippen molar-refractivity contribution in [3.63, 3.8) is 0 Å². The maximum absolute atomic E-state index is 12.9. The van der Waals surface area contributed by atoms with Gasteiger partial charge >= 0.3 is 0 Å². The third-order valence-electron chi connectivity index (χ3n) is 4.53. The Morgan fingerprint density at radius 3 is 2.76 bits per heavy atom. The number of para-hydroxylation sites is 1. The largest absolute Gasteiger partial charge is 0.493 e. The van der Waals surface area contributed by atoms with Crippen LogP contribution >= 0.6 is 0 Å². The van der Waals surface area contributed by atoms with Crippen LogP contribution in [0, 0.1) is 10.1 Å². The Morgan fingerprint density at radius 2 is 2.03 bits per heavy atom. The molecule has 2 aromatic carbocycles. The van der Waals surface area contributed by atoms with Gasteiger partial charge in [0.25, 0.3) is 11.6 Å². The number of hydrogen-bond donors (Lipinski definition) is 1. The van der Waals surface area contributed by atoms with Crippen LogP contribution in [0.5, 0.6) is 17.2 Å². The van der Waals surface area contributed by atoms with E-state index in [1.807, 2.05) is 24.3 Å². The van der Waals surface area contributed by atoms with Gasteiger partial charge in [-0.15, -0.1) is 0 Å². The Kier molecular flexibility index (Phi) is 6.50. The monoisotopic (exact) mass is 402 g/mol. The number of benzene rings is 2. The molecule has 0 spiro atoms. The van der Waals surface area contributed by atoms with Gasteiger partial charge in [0.1, 0.15) is 17.9 Å². The van der Waals surface area contributed by atoms with Crippen molar-refractivity contribution in [1.82, 2.24) is 5.32 Å². The van der Waals surface area contributed by atoms with Gasteiger partial charge in [0.05, 0.1) is 37.4 Å². The van der Waals surface area contributed by atoms with E-state index in [0.717, 1.165) is 5.56 Å². The van der Waals surface area contributed by atoms with Crippen molar-refractivity contribution in [2.24, 2.45) is 0 Å². The summed E-state index contributed by atoms with van der Waals surface area (Å²) in [7, 11) is 2.92. The molecule has 3 rings (SSSR count). The maximum atomic E-state index is 12.9. The first-order chi connectivity index (χ1) is 14.0. The molecular formula is C20H22N2O7. The molecule has 1 unspecified atom stereocenters. The first-order valence-electron chi connectivity index (χ1n) is 9.06. The van der Waals surface area contributed by atoms with Crippen molar-refractivity contribution in [3.8, 4) is 17.2 Å². The lowest BCUT2D eigenvalue weighted by molar-refractivity contribution is -0.385. The Balaban J connectivity index is 1.89. The van der Waals surface area contributed by atoms with Crippen LogP contribution in [-0.2, 0) is 4.74 Å². The van der Waals surface area contributed by atoms with Gasteiger partial charge in [0.2, 0.25) is 0 Å². The second kappa shape index (κ2) is 9.24. The highest BCUT2D eigenvalue weighted by Crippen LogP contribution is 2.36. The van der Waals surface area contributed by atoms with Crippen molar-refractivity contribution in [2.45, 2.75) is 12.5 Å². The average Bonchev–Trinajstić information content (AvgIpc) is 2.73. The number of fused-ring (bicyclic) bond motifs is 1. The number of nitrogens with one attached hydrogen (secondary N) is 1. The van der Waals surface area contributed by atoms with Crippen molar-refractivity contribution >= 4 is 11.6 Å². The number of nitrogens with zero attached hydrogens (tertiary/aromatic N) is 1. The molecule has 0 saturated heterocycles. The smallest absolute Gasteiger partial charge is 0.286 e. The Bertz CT molecular complexity index is 900. The predicted octanol–water partition coefficient (Wildman–Crippen LogP) is 2.88. The fraction of sp³-hybridized carbons (Fsp3) is 0.350. The molecule has 2 aromatic rings. The molecule has 0 saturated carbocycles. The third kappa shape index (κ3) is 4.57. The molecule has 0 fully saturated rings. The molecule has 1 atom stereocenters. The quantitative estimate of drug-likeness (QED) is 0.411. The highest BCUT2D eigenvalue weighted by Gasteiger charge is 2.28. The third-order valence-corrected chi connectivity index (χ3v) is 4.53. The second-order valence-corrected chi connectivity index (χ2v) is 6.32. The molecular weight excluding hydrogens is 380 g/mol. The van der Waals surface area contributed by atoms with Crippen molar-refractivity contribution in [1.29, 1.82) is 0 Å². The van der Waals surface area contributed by atoms with Crippen LogP contribution in [0.15, 0.2) is 36.4 Å². The number of ether oxygens (including phenoxy) is 4. The van der Waals surface area contributed by atoms with Crippen LogP contribution < -0.4 is 19.5 Å². The number of carbonyl (C=O) groups excluding carboxylic acids is 1. The lowest BCUT2D eigenvalue weighted by atomic mass is 10.00. The van der Waals surface area contributed by atoms with Crippen LogP contribution in [0.2, 0.25) is 0 Å². The number of rotatable bonds is 8. The van der Waals surface area contributed by atoms with Gasteiger partial charge in [-0.2, -0.15) is 0 Å². The molecule has 0 bridgehead atoms. The molecule has 1 aliphatic heterocycles. The first-order valence-corrected chi connectivity index (χ1v) is 9.06. The molecule has 9 heteroatoms. The lowest BCUT2D eigenvalue weighted by Crippen LogP contribution is -2.32. The number of amides is 1. The Labute approximate surface area is 167 Å². The zero-order chi connectivity index (χ0) is 20.8. The standard InChI is InChI=1S/C20H22N2O7/c1-26-9-10-29-19-12-16(22(24)25)14(11-18(19)27-2)20(23)21-15-7-8-28-17-6-4-3-5-13(15)17/h3-6,11-12,15H,7-10H2,1-2H3,(H,21,23). The zero-order valence-corrected chi connectivity index (χ0v) is 16.2. The molecule has 9 nitrogen and oxygen atoms in total. The van der Waals surface area contributed by atoms with E-state index in [-0.39, 0.29) is 35.4 Å². The molecule has 0 aromatic heterocycles. The van der Waals surface area contributed by atoms with Gasteiger partial charge in [-0.05, 0) is 6.07 Å². The van der Waals surface area contributed by atoms with E-state index in [9.17, 15) is 14.9 Å². The lowest BCUT2D eigenvalue weighted by Gasteiger charge is -2.26. The van der Waals surface area contributed by atoms with Crippen LogP contribution in [0.25, 0.3) is 0 Å². The summed E-state index contributed by atoms with van der Waals surface area (Å²) >= 11 is 0. The minimum Gasteiger partial charge on any atom is -0.493 e. The summed E-state index contributed by atoms with van der Waals surface area (Å²) in [6.45, 7) is 0.941. The topological polar surface area (TPSA) is 109 Å². The number of hydrogen-bond acceptors (Lipinski definition) is 7. The minimum atomic E-state index is -0.616. The molecule has 154 valence electrons. The van der Waals surface area contributed by atoms with Crippen LogP contribution in [0.3, 0.4) is 0 Å². The van der Waals surface area contributed by atoms with Gasteiger partial charge in [0, 0.05) is 25.2 Å². The van der Waals surface area contributed by atoms with E-state index in [2.05, 4.69) is 5.32 Å². The molecule has 29 heavy (non-hydrogen) atoms. The van der Waals surface area contributed by atoms with Crippen LogP contribution in [-0.4, -0.2) is 44.9 Å². The van der Waals surface area contributed by atoms with E-state index in [1.54, 1.807) is 0 Å². The number of nitro benzene ring substituents is 1. The summed E-state index contributed by atoms with van der Waals surface area (Å²) < 4.78 is 21.3. The molecule has 1 N–H and O–H groups in total. The van der Waals surface area contributed by atoms with Crippen LogP contribution in [0.4, 0.5) is 5.69 Å². The van der Waals surface area contributed by atoms with Gasteiger partial charge in [-0.3, -0.25) is 14.9 Å². The van der Waals surface area contributed by atoms with Gasteiger partial charge in [-0.25, -0.2) is 0 Å². The van der Waals surface area contributed by atoms with E-state index in [1.165, 1.54) is 26.4 Å². The molecule has 0 radical (unpaired) electrons. The first kappa shape index (κ1) is 20.4. The average molecular weight is 402 g/mol. The van der Waals surface area contributed by atoms with Gasteiger partial charge < -0.3 is 24.3 Å². The fourth-order valence-electron chi connectivity index (χ4n) is 3.12. The fourth-order valence-corrected chi connectivity index (χ4v) is 3.12. The molecule has 1 heterocycles. The normalized spacial score (nSPS) is 15.0. The maximum Gasteiger partial charge on any atom is 0.286 e. The Morgan fingerprint density at radius 1 is 1.24 bits per heavy atom. The van der Waals surface area contributed by atoms with E-state index in [4.69, 9.17) is 18.9 Å². The molecule has 0 aliphatic carbocycles. The predicted molar refractivity (Wildman–Crippen MR) is 104 cm³/mol. The minimum absolute atomic E-state index is 0.102. The second-order valence-electron chi connectivity index (χ2n) is 6.32. The van der Waals surface area contributed by atoms with Crippen molar-refractivity contribution in [2.75, 3.05) is 34.0 Å². The molecule has 1 aliphatic rings. The van der Waals surface area contributed by atoms with E-state index in [0.29, 0.717) is 25.4 Å². The van der Waals surface area contributed by atoms with Gasteiger partial charge in [-0.1, -0.05) is 18.2 Å². The molecule has 1 amide bonds. The van der Waals surface area contributed by atoms with E-state index < -0.39 is 10.8 Å². The van der Waals surface area contributed by atoms with E-state index >= 15 is 0 Å². The summed E-state index contributed by atoms with van der Waals surface area (Å²) in [6, 6.07) is 9.59. The highest BCUT2D eigenvalue weighted by atomic mass is 16.6. The highest BCUT2D eigenvalue weighted by molar-refractivity contribution is 5.99. The number of nitro groups is 1. The SMILES string of the molecule is COCCOc1cc([N+](=O)[O-])c(C(=O)NC2CCOc3ccccc32)cc1OC. The van der Waals surface area contributed by atoms with Crippen molar-refractivity contribution < 1.29 is 28.7 Å². The van der Waals surface area contributed by atoms with Gasteiger partial charge in [0.15, 0.2) is 11.5 Å². The summed E-state index contributed by atoms with van der Waals surface area (Å²) in [5.74, 6) is 0.520. The number of carbonyl (C=O) groups is 1. The summed E-state index contributed by atoms with van der Waals surface area (Å²) in [5.41, 5.74) is 0.368.